The summed E-state index contributed by atoms with van der Waals surface area (Å²) in [7, 11) is 1.36. The monoisotopic (exact) mass is 303 g/mol. The molecule has 0 aliphatic carbocycles. The number of benzene rings is 2. The molecular weight excluding hydrogens is 292 g/mol. The molecule has 112 valence electrons. The molecule has 0 aromatic heterocycles. The van der Waals surface area contributed by atoms with Crippen molar-refractivity contribution in [3.05, 3.63) is 65.4 Å². The zero-order chi connectivity index (χ0) is 15.7. The lowest BCUT2D eigenvalue weighted by Gasteiger charge is -2.08. The van der Waals surface area contributed by atoms with E-state index in [1.165, 1.54) is 37.6 Å². The highest BCUT2D eigenvalue weighted by atomic mass is 19.1. The molecule has 0 spiro atoms. The first-order chi connectivity index (χ1) is 10.6. The Kier molecular flexibility index (Phi) is 3.50. The van der Waals surface area contributed by atoms with Crippen LogP contribution in [0, 0.1) is 11.6 Å². The summed E-state index contributed by atoms with van der Waals surface area (Å²) < 4.78 is 37.2. The van der Waals surface area contributed by atoms with E-state index < -0.39 is 17.5 Å². The summed E-state index contributed by atoms with van der Waals surface area (Å²) in [6.45, 7) is 0. The molecule has 3 rings (SSSR count). The molecule has 1 heterocycles. The first kappa shape index (κ1) is 14.1. The number of carbonyl (C=O) groups excluding carboxylic acids is 1. The molecule has 0 radical (unpaired) electrons. The van der Waals surface area contributed by atoms with Gasteiger partial charge in [-0.05, 0) is 36.4 Å². The van der Waals surface area contributed by atoms with Gasteiger partial charge in [-0.3, -0.25) is 4.79 Å². The minimum Gasteiger partial charge on any atom is -0.494 e. The van der Waals surface area contributed by atoms with Gasteiger partial charge in [0.1, 0.15) is 17.8 Å². The van der Waals surface area contributed by atoms with Crippen LogP contribution in [0.2, 0.25) is 0 Å². The van der Waals surface area contributed by atoms with Crippen LogP contribution in [0.5, 0.6) is 11.5 Å². The Bertz CT molecular complexity index is 787. The summed E-state index contributed by atoms with van der Waals surface area (Å²) >= 11 is 0. The van der Waals surface area contributed by atoms with Gasteiger partial charge in [0.2, 0.25) is 0 Å². The zero-order valence-corrected chi connectivity index (χ0v) is 11.5. The van der Waals surface area contributed by atoms with Gasteiger partial charge < -0.3 is 14.8 Å². The molecular formula is C16H11F2NO3. The molecule has 1 N–H and O–H groups in total. The minimum absolute atomic E-state index is 0.0697. The van der Waals surface area contributed by atoms with Crippen molar-refractivity contribution in [3.8, 4) is 11.5 Å². The average molecular weight is 303 g/mol. The number of methoxy groups -OCH3 is 1. The van der Waals surface area contributed by atoms with Gasteiger partial charge in [0.05, 0.1) is 18.4 Å². The maximum atomic E-state index is 13.8. The normalized spacial score (nSPS) is 13.4. The van der Waals surface area contributed by atoms with Crippen LogP contribution < -0.4 is 14.8 Å². The standard InChI is InChI=1S/C16H11F2NO3/c1-21-15-4-2-9(6-12(15)18)13-8-22-14-5-3-10(17)7-11(14)16(20)19-13/h2-8H,1H3,(H,19,20). The Morgan fingerprint density at radius 3 is 2.68 bits per heavy atom. The van der Waals surface area contributed by atoms with Crippen molar-refractivity contribution in [2.24, 2.45) is 0 Å². The van der Waals surface area contributed by atoms with Gasteiger partial charge in [-0.15, -0.1) is 0 Å². The lowest BCUT2D eigenvalue weighted by Crippen LogP contribution is -2.21. The van der Waals surface area contributed by atoms with Crippen molar-refractivity contribution in [1.82, 2.24) is 5.32 Å². The Labute approximate surface area is 125 Å². The van der Waals surface area contributed by atoms with E-state index in [1.807, 2.05) is 0 Å². The van der Waals surface area contributed by atoms with Crippen molar-refractivity contribution in [3.63, 3.8) is 0 Å². The van der Waals surface area contributed by atoms with Gasteiger partial charge in [-0.25, -0.2) is 8.78 Å². The van der Waals surface area contributed by atoms with Crippen molar-refractivity contribution in [2.75, 3.05) is 7.11 Å². The molecule has 0 bridgehead atoms. The van der Waals surface area contributed by atoms with Crippen LogP contribution in [-0.2, 0) is 0 Å². The maximum Gasteiger partial charge on any atom is 0.259 e. The molecule has 0 unspecified atom stereocenters. The molecule has 0 saturated heterocycles. The van der Waals surface area contributed by atoms with E-state index in [-0.39, 0.29) is 22.8 Å². The van der Waals surface area contributed by atoms with Crippen LogP contribution in [0.25, 0.3) is 5.70 Å². The number of amides is 1. The van der Waals surface area contributed by atoms with Crippen LogP contribution in [0.4, 0.5) is 8.78 Å². The van der Waals surface area contributed by atoms with Gasteiger partial charge in [0, 0.05) is 5.56 Å². The highest BCUT2D eigenvalue weighted by molar-refractivity contribution is 6.02. The van der Waals surface area contributed by atoms with Crippen molar-refractivity contribution in [1.29, 1.82) is 0 Å². The van der Waals surface area contributed by atoms with Crippen molar-refractivity contribution < 1.29 is 23.0 Å². The van der Waals surface area contributed by atoms with Crippen LogP contribution in [0.15, 0.2) is 42.7 Å². The number of hydrogen-bond acceptors (Lipinski definition) is 3. The van der Waals surface area contributed by atoms with Crippen molar-refractivity contribution >= 4 is 11.6 Å². The Morgan fingerprint density at radius 1 is 1.14 bits per heavy atom. The summed E-state index contributed by atoms with van der Waals surface area (Å²) in [4.78, 5) is 12.1. The summed E-state index contributed by atoms with van der Waals surface area (Å²) in [6.07, 6.45) is 1.28. The second-order valence-corrected chi connectivity index (χ2v) is 4.59. The van der Waals surface area contributed by atoms with Crippen LogP contribution in [0.1, 0.15) is 15.9 Å². The summed E-state index contributed by atoms with van der Waals surface area (Å²) in [6, 6.07) is 7.86. The fourth-order valence-corrected chi connectivity index (χ4v) is 2.10. The molecule has 6 heteroatoms. The van der Waals surface area contributed by atoms with Gasteiger partial charge in [0.15, 0.2) is 11.6 Å². The summed E-state index contributed by atoms with van der Waals surface area (Å²) in [5.41, 5.74) is 0.739. The Balaban J connectivity index is 1.96. The number of carbonyl (C=O) groups is 1. The van der Waals surface area contributed by atoms with Crippen LogP contribution in [-0.4, -0.2) is 13.0 Å². The molecule has 0 fully saturated rings. The number of ether oxygens (including phenoxy) is 2. The molecule has 0 atom stereocenters. The number of rotatable bonds is 2. The van der Waals surface area contributed by atoms with E-state index in [1.54, 1.807) is 6.07 Å². The highest BCUT2D eigenvalue weighted by Crippen LogP contribution is 2.27. The molecule has 1 aliphatic heterocycles. The fraction of sp³-hybridized carbons (Fsp3) is 0.0625. The smallest absolute Gasteiger partial charge is 0.259 e. The van der Waals surface area contributed by atoms with Crippen LogP contribution in [0.3, 0.4) is 0 Å². The molecule has 4 nitrogen and oxygen atoms in total. The Hall–Kier alpha value is -2.89. The third-order valence-electron chi connectivity index (χ3n) is 3.20. The van der Waals surface area contributed by atoms with E-state index in [9.17, 15) is 13.6 Å². The second-order valence-electron chi connectivity index (χ2n) is 4.59. The molecule has 2 aromatic carbocycles. The number of nitrogens with one attached hydrogen (secondary N) is 1. The molecule has 0 saturated carbocycles. The SMILES string of the molecule is COc1ccc(C2=COc3ccc(F)cc3C(=O)N2)cc1F. The topological polar surface area (TPSA) is 47.6 Å². The quantitative estimate of drug-likeness (QED) is 0.927. The number of fused-ring (bicyclic) bond motifs is 1. The molecule has 1 amide bonds. The lowest BCUT2D eigenvalue weighted by molar-refractivity contribution is 0.0973. The third kappa shape index (κ3) is 2.50. The van der Waals surface area contributed by atoms with Gasteiger partial charge >= 0.3 is 0 Å². The molecule has 22 heavy (non-hydrogen) atoms. The Morgan fingerprint density at radius 2 is 1.95 bits per heavy atom. The third-order valence-corrected chi connectivity index (χ3v) is 3.20. The van der Waals surface area contributed by atoms with E-state index >= 15 is 0 Å². The van der Waals surface area contributed by atoms with E-state index in [2.05, 4.69) is 5.32 Å². The largest absolute Gasteiger partial charge is 0.494 e. The second kappa shape index (κ2) is 5.48. The zero-order valence-electron chi connectivity index (χ0n) is 11.5. The number of halogens is 2. The van der Waals surface area contributed by atoms with E-state index in [4.69, 9.17) is 9.47 Å². The first-order valence-electron chi connectivity index (χ1n) is 6.40. The predicted molar refractivity (Wildman–Crippen MR) is 75.4 cm³/mol. The maximum absolute atomic E-state index is 13.8. The van der Waals surface area contributed by atoms with E-state index in [0.29, 0.717) is 5.56 Å². The number of hydrogen-bond donors (Lipinski definition) is 1. The highest BCUT2D eigenvalue weighted by Gasteiger charge is 2.20. The summed E-state index contributed by atoms with van der Waals surface area (Å²) in [5.74, 6) is -1.33. The molecule has 1 aliphatic rings. The van der Waals surface area contributed by atoms with Crippen LogP contribution >= 0.6 is 0 Å². The van der Waals surface area contributed by atoms with Crippen molar-refractivity contribution in [2.45, 2.75) is 0 Å². The first-order valence-corrected chi connectivity index (χ1v) is 6.40. The predicted octanol–water partition coefficient (Wildman–Crippen LogP) is 3.09. The fourth-order valence-electron chi connectivity index (χ4n) is 2.10. The summed E-state index contributed by atoms with van der Waals surface area (Å²) in [5, 5.41) is 2.57. The molecule has 2 aromatic rings. The van der Waals surface area contributed by atoms with Gasteiger partial charge in [-0.1, -0.05) is 0 Å². The van der Waals surface area contributed by atoms with Gasteiger partial charge in [-0.2, -0.15) is 0 Å². The van der Waals surface area contributed by atoms with E-state index in [0.717, 1.165) is 6.07 Å². The lowest BCUT2D eigenvalue weighted by atomic mass is 10.1. The minimum atomic E-state index is -0.567. The van der Waals surface area contributed by atoms with Gasteiger partial charge in [0.25, 0.3) is 5.91 Å². The average Bonchev–Trinajstić information content (AvgIpc) is 2.67.